The average molecular weight is 829 g/mol. The van der Waals surface area contributed by atoms with Crippen LogP contribution in [0.5, 0.6) is 0 Å². The van der Waals surface area contributed by atoms with Crippen LogP contribution in [-0.4, -0.2) is 79.4 Å². The van der Waals surface area contributed by atoms with Crippen molar-refractivity contribution < 1.29 is 8.42 Å². The molecule has 13 heteroatoms. The predicted octanol–water partition coefficient (Wildman–Crippen LogP) is 8.11. The molecule has 5 aromatic rings. The molecule has 1 aromatic carbocycles. The van der Waals surface area contributed by atoms with Gasteiger partial charge in [-0.05, 0) is 106 Å². The van der Waals surface area contributed by atoms with E-state index in [-0.39, 0.29) is 4.90 Å². The summed E-state index contributed by atoms with van der Waals surface area (Å²) in [6.07, 6.45) is 16.6. The van der Waals surface area contributed by atoms with Gasteiger partial charge in [-0.2, -0.15) is 11.8 Å². The lowest BCUT2D eigenvalue weighted by molar-refractivity contribution is 0.344. The van der Waals surface area contributed by atoms with Gasteiger partial charge in [-0.15, -0.1) is 0 Å². The van der Waals surface area contributed by atoms with Crippen LogP contribution in [0.1, 0.15) is 63.9 Å². The normalized spacial score (nSPS) is 21.1. The van der Waals surface area contributed by atoms with Gasteiger partial charge in [0.1, 0.15) is 29.9 Å². The summed E-state index contributed by atoms with van der Waals surface area (Å²) in [6, 6.07) is 11.8. The molecule has 50 heavy (non-hydrogen) atoms. The highest BCUT2D eigenvalue weighted by Crippen LogP contribution is 2.34. The number of H-pyrrole nitrogens is 1. The van der Waals surface area contributed by atoms with Crippen molar-refractivity contribution in [3.05, 3.63) is 67.0 Å². The van der Waals surface area contributed by atoms with E-state index in [4.69, 9.17) is 0 Å². The molecule has 2 aliphatic rings. The van der Waals surface area contributed by atoms with Gasteiger partial charge in [-0.1, -0.05) is 47.2 Å². The minimum Gasteiger partial charge on any atom is -0.356 e. The highest BCUT2D eigenvalue weighted by Gasteiger charge is 2.28. The molecule has 0 spiro atoms. The summed E-state index contributed by atoms with van der Waals surface area (Å²) >= 11 is 4.56. The average Bonchev–Trinajstić information content (AvgIpc) is 3.82. The van der Waals surface area contributed by atoms with Crippen molar-refractivity contribution >= 4 is 78.1 Å². The van der Waals surface area contributed by atoms with E-state index in [0.717, 1.165) is 58.3 Å². The molecular formula is C37H49IN8O2S2. The summed E-state index contributed by atoms with van der Waals surface area (Å²) in [6.45, 7) is 4.19. The van der Waals surface area contributed by atoms with Crippen LogP contribution < -0.4 is 9.80 Å². The second kappa shape index (κ2) is 16.6. The maximum Gasteiger partial charge on any atom is 0.269 e. The van der Waals surface area contributed by atoms with Gasteiger partial charge in [0.2, 0.25) is 0 Å². The zero-order valence-electron chi connectivity index (χ0n) is 29.5. The van der Waals surface area contributed by atoms with E-state index in [1.807, 2.05) is 19.2 Å². The van der Waals surface area contributed by atoms with Crippen LogP contribution in [0.25, 0.3) is 22.1 Å². The lowest BCUT2D eigenvalue weighted by atomic mass is 9.86. The first-order chi connectivity index (χ1) is 24.2. The number of fused-ring (bicyclic) bond motifs is 2. The topological polar surface area (TPSA) is 113 Å². The van der Waals surface area contributed by atoms with Gasteiger partial charge in [0, 0.05) is 43.0 Å². The molecule has 0 unspecified atom stereocenters. The Balaban J connectivity index is 0.000000182. The largest absolute Gasteiger partial charge is 0.356 e. The second-order valence-electron chi connectivity index (χ2n) is 13.7. The Bertz CT molecular complexity index is 1950. The third-order valence-electron chi connectivity index (χ3n) is 10.5. The Morgan fingerprint density at radius 1 is 0.820 bits per heavy atom. The van der Waals surface area contributed by atoms with Gasteiger partial charge < -0.3 is 14.8 Å². The first kappa shape index (κ1) is 36.9. The fraction of sp³-hybridized carbons (Fsp3) is 0.514. The van der Waals surface area contributed by atoms with E-state index >= 15 is 0 Å². The second-order valence-corrected chi connectivity index (χ2v) is 17.7. The summed E-state index contributed by atoms with van der Waals surface area (Å²) in [5.74, 6) is 6.16. The van der Waals surface area contributed by atoms with E-state index in [0.29, 0.717) is 17.7 Å². The number of rotatable bonds is 10. The van der Waals surface area contributed by atoms with Crippen LogP contribution in [0.3, 0.4) is 0 Å². The molecule has 10 nitrogen and oxygen atoms in total. The molecular weight excluding hydrogens is 779 g/mol. The van der Waals surface area contributed by atoms with Gasteiger partial charge in [0.25, 0.3) is 10.0 Å². The molecule has 0 saturated heterocycles. The van der Waals surface area contributed by atoms with Crippen molar-refractivity contribution in [1.29, 1.82) is 0 Å². The molecule has 1 N–H and O–H groups in total. The van der Waals surface area contributed by atoms with Crippen molar-refractivity contribution in [2.24, 2.45) is 11.8 Å². The summed E-state index contributed by atoms with van der Waals surface area (Å²) in [5.41, 5.74) is 2.37. The van der Waals surface area contributed by atoms with Gasteiger partial charge in [0.05, 0.1) is 15.7 Å². The molecule has 4 heterocycles. The minimum absolute atomic E-state index is 0.256. The van der Waals surface area contributed by atoms with Gasteiger partial charge in [0.15, 0.2) is 5.65 Å². The Labute approximate surface area is 314 Å². The molecule has 0 atom stereocenters. The number of hydrogen-bond donors (Lipinski definition) is 1. The number of anilines is 2. The van der Waals surface area contributed by atoms with Crippen LogP contribution in [0.15, 0.2) is 66.3 Å². The standard InChI is InChI=1S/C21H25IN4O2S.C16H24N4S/c1-15-3-9-18(10-4-15)29(27,28)26-12-11-19-20(23-14-24-21(19)26)25(2)17-7-5-16(13-22)6-8-17;1-3-21-10-12-4-6-13(7-5-12)20(2)16-14-8-9-17-15(14)18-11-19-16/h3-4,9-12,14,16-17H,5-8,13H2,1-2H3;8-9,11-13H,3-7,10H2,1-2H3,(H,17,18,19). The number of thioether (sulfide) groups is 1. The summed E-state index contributed by atoms with van der Waals surface area (Å²) in [5, 5.41) is 1.89. The van der Waals surface area contributed by atoms with Crippen LogP contribution in [0.4, 0.5) is 11.6 Å². The number of nitrogens with one attached hydrogen (secondary N) is 1. The number of aromatic nitrogens is 6. The van der Waals surface area contributed by atoms with Crippen molar-refractivity contribution in [2.75, 3.05) is 39.8 Å². The minimum atomic E-state index is -3.71. The molecule has 2 aliphatic carbocycles. The van der Waals surface area contributed by atoms with Crippen LogP contribution >= 0.6 is 34.4 Å². The maximum atomic E-state index is 13.2. The zero-order chi connectivity index (χ0) is 35.3. The zero-order valence-corrected chi connectivity index (χ0v) is 33.3. The first-order valence-corrected chi connectivity index (χ1v) is 21.8. The molecule has 4 aromatic heterocycles. The number of alkyl halides is 1. The number of aromatic amines is 1. The van der Waals surface area contributed by atoms with Crippen LogP contribution in [0, 0.1) is 18.8 Å². The van der Waals surface area contributed by atoms with Crippen molar-refractivity contribution in [3.8, 4) is 0 Å². The number of nitrogens with zero attached hydrogens (tertiary/aromatic N) is 7. The summed E-state index contributed by atoms with van der Waals surface area (Å²) in [4.78, 5) is 25.6. The van der Waals surface area contributed by atoms with Crippen molar-refractivity contribution in [2.45, 2.75) is 82.2 Å². The molecule has 2 fully saturated rings. The lowest BCUT2D eigenvalue weighted by Gasteiger charge is -2.35. The highest BCUT2D eigenvalue weighted by atomic mass is 127. The molecule has 0 bridgehead atoms. The van der Waals surface area contributed by atoms with E-state index in [1.54, 1.807) is 36.8 Å². The molecule has 0 radical (unpaired) electrons. The SMILES string of the molecule is CCSCC1CCC(N(C)c2ncnc3[nH]ccc23)CC1.Cc1ccc(S(=O)(=O)n2ccc3c(N(C)C4CCC(CI)CC4)ncnc32)cc1. The van der Waals surface area contributed by atoms with Crippen molar-refractivity contribution in [3.63, 3.8) is 0 Å². The Hall–Kier alpha value is -2.91. The third kappa shape index (κ3) is 8.09. The van der Waals surface area contributed by atoms with Gasteiger partial charge in [-0.25, -0.2) is 32.3 Å². The predicted molar refractivity (Wildman–Crippen MR) is 215 cm³/mol. The Morgan fingerprint density at radius 2 is 1.42 bits per heavy atom. The number of halogens is 1. The van der Waals surface area contributed by atoms with E-state index in [9.17, 15) is 8.42 Å². The van der Waals surface area contributed by atoms with E-state index in [2.05, 4.69) is 96.2 Å². The summed E-state index contributed by atoms with van der Waals surface area (Å²) < 4.78 is 28.8. The van der Waals surface area contributed by atoms with E-state index in [1.165, 1.54) is 64.8 Å². The van der Waals surface area contributed by atoms with Crippen LogP contribution in [-0.2, 0) is 10.0 Å². The molecule has 268 valence electrons. The molecule has 0 aliphatic heterocycles. The fourth-order valence-electron chi connectivity index (χ4n) is 7.37. The maximum absolute atomic E-state index is 13.2. The quantitative estimate of drug-likeness (QED) is 0.110. The Morgan fingerprint density at radius 3 is 2.04 bits per heavy atom. The monoisotopic (exact) mass is 828 g/mol. The smallest absolute Gasteiger partial charge is 0.269 e. The van der Waals surface area contributed by atoms with Crippen LogP contribution in [0.2, 0.25) is 0 Å². The molecule has 2 saturated carbocycles. The molecule has 0 amide bonds. The van der Waals surface area contributed by atoms with E-state index < -0.39 is 10.0 Å². The van der Waals surface area contributed by atoms with Gasteiger partial charge >= 0.3 is 0 Å². The number of aryl methyl sites for hydroxylation is 1. The number of hydrogen-bond acceptors (Lipinski definition) is 9. The summed E-state index contributed by atoms with van der Waals surface area (Å²) in [7, 11) is 0.529. The first-order valence-electron chi connectivity index (χ1n) is 17.7. The highest BCUT2D eigenvalue weighted by molar-refractivity contribution is 14.1. The van der Waals surface area contributed by atoms with Crippen molar-refractivity contribution in [1.82, 2.24) is 28.9 Å². The number of benzene rings is 1. The lowest BCUT2D eigenvalue weighted by Crippen LogP contribution is -2.36. The Kier molecular flexibility index (Phi) is 12.3. The molecule has 7 rings (SSSR count). The van der Waals surface area contributed by atoms with Gasteiger partial charge in [-0.3, -0.25) is 0 Å². The third-order valence-corrected chi connectivity index (χ3v) is 14.6. The fourth-order valence-corrected chi connectivity index (χ4v) is 10.5.